The lowest BCUT2D eigenvalue weighted by atomic mass is 9.79. The Morgan fingerprint density at radius 2 is 1.52 bits per heavy atom. The minimum absolute atomic E-state index is 0.750. The molecule has 33 heavy (non-hydrogen) atoms. The molecule has 3 heteroatoms. The molecule has 170 valence electrons. The van der Waals surface area contributed by atoms with Crippen LogP contribution in [0.25, 0.3) is 11.1 Å². The molecule has 1 heterocycles. The molecule has 0 N–H and O–H groups in total. The minimum Gasteiger partial charge on any atom is -0.497 e. The van der Waals surface area contributed by atoms with Crippen molar-refractivity contribution in [1.82, 2.24) is 4.90 Å². The molecule has 0 unspecified atom stereocenters. The number of aryl methyl sites for hydroxylation is 1. The lowest BCUT2D eigenvalue weighted by Crippen LogP contribution is -2.33. The Morgan fingerprint density at radius 1 is 0.758 bits per heavy atom. The van der Waals surface area contributed by atoms with Crippen LogP contribution in [0, 0.1) is 0 Å². The summed E-state index contributed by atoms with van der Waals surface area (Å²) in [5.41, 5.74) is 7.93. The van der Waals surface area contributed by atoms with Crippen molar-refractivity contribution < 1.29 is 9.47 Å². The van der Waals surface area contributed by atoms with Gasteiger partial charge in [0.25, 0.3) is 0 Å². The molecule has 0 radical (unpaired) electrons. The summed E-state index contributed by atoms with van der Waals surface area (Å²) in [5.74, 6) is 1.87. The van der Waals surface area contributed by atoms with E-state index in [1.165, 1.54) is 65.8 Å². The van der Waals surface area contributed by atoms with Crippen molar-refractivity contribution in [1.29, 1.82) is 0 Å². The molecule has 1 fully saturated rings. The summed E-state index contributed by atoms with van der Waals surface area (Å²) in [6.45, 7) is 4.19. The Kier molecular flexibility index (Phi) is 6.78. The van der Waals surface area contributed by atoms with Gasteiger partial charge in [-0.25, -0.2) is 0 Å². The minimum atomic E-state index is 0.750. The van der Waals surface area contributed by atoms with Gasteiger partial charge in [0.15, 0.2) is 0 Å². The van der Waals surface area contributed by atoms with Crippen LogP contribution in [0.3, 0.4) is 0 Å². The first-order chi connectivity index (χ1) is 16.3. The Hall–Kier alpha value is -3.04. The molecule has 2 aliphatic rings. The van der Waals surface area contributed by atoms with Gasteiger partial charge in [0, 0.05) is 6.54 Å². The first-order valence-electron chi connectivity index (χ1n) is 12.2. The summed E-state index contributed by atoms with van der Waals surface area (Å²) < 4.78 is 11.6. The standard InChI is InChI=1S/C30H33NO2/c1-32-27-15-17-29-25(22-27)12-16-28(23-8-4-2-5-9-23)30(29)24-10-13-26(14-11-24)33-21-20-31-18-6-3-7-19-31/h2,4-5,8-11,13-15,17,22H,3,6-7,12,16,18-21H2,1H3. The van der Waals surface area contributed by atoms with Crippen LogP contribution in [0.15, 0.2) is 72.8 Å². The van der Waals surface area contributed by atoms with Crippen LogP contribution < -0.4 is 9.47 Å². The fraction of sp³-hybridized carbons (Fsp3) is 0.333. The number of allylic oxidation sites excluding steroid dienone is 1. The third-order valence-corrected chi connectivity index (χ3v) is 6.92. The number of methoxy groups -OCH3 is 1. The molecule has 1 aliphatic carbocycles. The average Bonchev–Trinajstić information content (AvgIpc) is 2.89. The highest BCUT2D eigenvalue weighted by Gasteiger charge is 2.22. The number of benzene rings is 3. The largest absolute Gasteiger partial charge is 0.497 e. The van der Waals surface area contributed by atoms with Gasteiger partial charge in [0.05, 0.1) is 7.11 Å². The van der Waals surface area contributed by atoms with Crippen LogP contribution in [0.1, 0.15) is 47.9 Å². The molecule has 3 aromatic rings. The number of piperidine rings is 1. The second-order valence-electron chi connectivity index (χ2n) is 9.02. The number of hydrogen-bond donors (Lipinski definition) is 0. The number of nitrogens with zero attached hydrogens (tertiary/aromatic N) is 1. The highest BCUT2D eigenvalue weighted by Crippen LogP contribution is 2.42. The molecule has 5 rings (SSSR count). The topological polar surface area (TPSA) is 21.7 Å². The molecule has 3 nitrogen and oxygen atoms in total. The van der Waals surface area contributed by atoms with Gasteiger partial charge in [-0.15, -0.1) is 0 Å². The van der Waals surface area contributed by atoms with Crippen molar-refractivity contribution in [2.75, 3.05) is 33.4 Å². The molecule has 1 saturated heterocycles. The zero-order valence-electron chi connectivity index (χ0n) is 19.6. The molecule has 0 saturated carbocycles. The predicted octanol–water partition coefficient (Wildman–Crippen LogP) is 6.47. The molecule has 3 aromatic carbocycles. The van der Waals surface area contributed by atoms with E-state index in [0.29, 0.717) is 0 Å². The van der Waals surface area contributed by atoms with Gasteiger partial charge < -0.3 is 9.47 Å². The highest BCUT2D eigenvalue weighted by atomic mass is 16.5. The summed E-state index contributed by atoms with van der Waals surface area (Å²) in [4.78, 5) is 2.52. The maximum Gasteiger partial charge on any atom is 0.119 e. The molecular weight excluding hydrogens is 406 g/mol. The average molecular weight is 440 g/mol. The summed E-state index contributed by atoms with van der Waals surface area (Å²) in [5, 5.41) is 0. The molecule has 0 spiro atoms. The van der Waals surface area contributed by atoms with Crippen molar-refractivity contribution in [3.05, 3.63) is 95.1 Å². The summed E-state index contributed by atoms with van der Waals surface area (Å²) in [7, 11) is 1.74. The molecule has 0 amide bonds. The lowest BCUT2D eigenvalue weighted by Gasteiger charge is -2.26. The van der Waals surface area contributed by atoms with Crippen molar-refractivity contribution in [3.63, 3.8) is 0 Å². The van der Waals surface area contributed by atoms with E-state index in [0.717, 1.165) is 37.5 Å². The Balaban J connectivity index is 1.41. The molecule has 0 aromatic heterocycles. The van der Waals surface area contributed by atoms with Crippen LogP contribution in [0.2, 0.25) is 0 Å². The van der Waals surface area contributed by atoms with Crippen LogP contribution in [0.4, 0.5) is 0 Å². The summed E-state index contributed by atoms with van der Waals surface area (Å²) in [6, 6.07) is 25.9. The fourth-order valence-electron chi connectivity index (χ4n) is 5.15. The van der Waals surface area contributed by atoms with Crippen molar-refractivity contribution in [3.8, 4) is 11.5 Å². The van der Waals surface area contributed by atoms with Crippen molar-refractivity contribution >= 4 is 11.1 Å². The van der Waals surface area contributed by atoms with Gasteiger partial charge in [0.2, 0.25) is 0 Å². The molecule has 1 aliphatic heterocycles. The predicted molar refractivity (Wildman–Crippen MR) is 136 cm³/mol. The van der Waals surface area contributed by atoms with Crippen LogP contribution in [0.5, 0.6) is 11.5 Å². The first-order valence-corrected chi connectivity index (χ1v) is 12.2. The van der Waals surface area contributed by atoms with Gasteiger partial charge in [-0.3, -0.25) is 4.90 Å². The maximum atomic E-state index is 6.09. The summed E-state index contributed by atoms with van der Waals surface area (Å²) in [6.07, 6.45) is 6.06. The fourth-order valence-corrected chi connectivity index (χ4v) is 5.15. The van der Waals surface area contributed by atoms with Crippen LogP contribution in [-0.4, -0.2) is 38.3 Å². The number of likely N-dealkylation sites (tertiary alicyclic amines) is 1. The Labute approximate surface area is 197 Å². The Bertz CT molecular complexity index is 1100. The number of rotatable bonds is 7. The lowest BCUT2D eigenvalue weighted by molar-refractivity contribution is 0.183. The second kappa shape index (κ2) is 10.3. The van der Waals surface area contributed by atoms with Crippen molar-refractivity contribution in [2.24, 2.45) is 0 Å². The third kappa shape index (κ3) is 4.99. The second-order valence-corrected chi connectivity index (χ2v) is 9.02. The van der Waals surface area contributed by atoms with E-state index in [2.05, 4.69) is 77.7 Å². The van der Waals surface area contributed by atoms with E-state index < -0.39 is 0 Å². The van der Waals surface area contributed by atoms with E-state index in [4.69, 9.17) is 9.47 Å². The quantitative estimate of drug-likeness (QED) is 0.421. The van der Waals surface area contributed by atoms with Crippen molar-refractivity contribution in [2.45, 2.75) is 32.1 Å². The molecule has 0 bridgehead atoms. The number of hydrogen-bond acceptors (Lipinski definition) is 3. The van der Waals surface area contributed by atoms with Gasteiger partial charge in [-0.1, -0.05) is 55.0 Å². The highest BCUT2D eigenvalue weighted by molar-refractivity contribution is 6.00. The van der Waals surface area contributed by atoms with Crippen LogP contribution in [-0.2, 0) is 6.42 Å². The normalized spacial score (nSPS) is 16.4. The van der Waals surface area contributed by atoms with Gasteiger partial charge in [-0.2, -0.15) is 0 Å². The Morgan fingerprint density at radius 3 is 2.27 bits per heavy atom. The van der Waals surface area contributed by atoms with Gasteiger partial charge in [-0.05, 0) is 96.4 Å². The molecular formula is C30H33NO2. The third-order valence-electron chi connectivity index (χ3n) is 6.92. The van der Waals surface area contributed by atoms with E-state index in [1.54, 1.807) is 7.11 Å². The van der Waals surface area contributed by atoms with Gasteiger partial charge in [0.1, 0.15) is 18.1 Å². The SMILES string of the molecule is COc1ccc2c(c1)CCC(c1ccccc1)=C2c1ccc(OCCN2CCCCC2)cc1. The van der Waals surface area contributed by atoms with E-state index in [-0.39, 0.29) is 0 Å². The molecule has 0 atom stereocenters. The van der Waals surface area contributed by atoms with E-state index >= 15 is 0 Å². The van der Waals surface area contributed by atoms with Gasteiger partial charge >= 0.3 is 0 Å². The van der Waals surface area contributed by atoms with E-state index in [1.807, 2.05) is 0 Å². The van der Waals surface area contributed by atoms with E-state index in [9.17, 15) is 0 Å². The monoisotopic (exact) mass is 439 g/mol. The first kappa shape index (κ1) is 21.8. The number of ether oxygens (including phenoxy) is 2. The number of fused-ring (bicyclic) bond motifs is 1. The zero-order valence-corrected chi connectivity index (χ0v) is 19.6. The smallest absolute Gasteiger partial charge is 0.119 e. The summed E-state index contributed by atoms with van der Waals surface area (Å²) >= 11 is 0. The zero-order chi connectivity index (χ0) is 22.5. The van der Waals surface area contributed by atoms with Crippen LogP contribution >= 0.6 is 0 Å². The maximum absolute atomic E-state index is 6.09.